The van der Waals surface area contributed by atoms with Crippen LogP contribution in [0.15, 0.2) is 42.5 Å². The van der Waals surface area contributed by atoms with Gasteiger partial charge in [-0.25, -0.2) is 4.79 Å². The van der Waals surface area contributed by atoms with Crippen molar-refractivity contribution in [2.45, 2.75) is 26.8 Å². The molecule has 1 atom stereocenters. The molecule has 7 heteroatoms. The Labute approximate surface area is 162 Å². The first-order valence-corrected chi connectivity index (χ1v) is 8.93. The third kappa shape index (κ3) is 3.80. The van der Waals surface area contributed by atoms with Crippen molar-refractivity contribution in [3.05, 3.63) is 58.6 Å². The fraction of sp³-hybridized carbons (Fsp3) is 0.250. The maximum atomic E-state index is 12.7. The van der Waals surface area contributed by atoms with Crippen LogP contribution in [0.1, 0.15) is 18.1 Å². The van der Waals surface area contributed by atoms with E-state index in [1.165, 1.54) is 4.90 Å². The van der Waals surface area contributed by atoms with Gasteiger partial charge in [0.2, 0.25) is 5.91 Å². The Kier molecular flexibility index (Phi) is 5.19. The minimum absolute atomic E-state index is 0.366. The molecule has 2 aromatic carbocycles. The fourth-order valence-electron chi connectivity index (χ4n) is 2.97. The third-order valence-electron chi connectivity index (χ3n) is 4.46. The molecular formula is C20H20ClN3O3. The van der Waals surface area contributed by atoms with Crippen molar-refractivity contribution in [3.8, 4) is 0 Å². The summed E-state index contributed by atoms with van der Waals surface area (Å²) in [6.07, 6.45) is 0. The maximum absolute atomic E-state index is 12.7. The standard InChI is InChI=1S/C20H20ClN3O3/c1-12-4-7-15(8-5-12)24-14(3)19(26)23(20(24)27)11-18(25)22-17-9-6-13(2)10-16(17)21/h4-10,14H,11H2,1-3H3,(H,22,25)/t14-/m1/s1. The smallest absolute Gasteiger partial charge is 0.323 e. The van der Waals surface area contributed by atoms with Gasteiger partial charge in [0, 0.05) is 5.69 Å². The van der Waals surface area contributed by atoms with E-state index in [0.29, 0.717) is 16.4 Å². The largest absolute Gasteiger partial charge is 0.332 e. The number of nitrogens with one attached hydrogen (secondary N) is 1. The van der Waals surface area contributed by atoms with Crippen molar-refractivity contribution in [2.24, 2.45) is 0 Å². The van der Waals surface area contributed by atoms with Gasteiger partial charge in [0.1, 0.15) is 12.6 Å². The van der Waals surface area contributed by atoms with Gasteiger partial charge in [-0.15, -0.1) is 0 Å². The SMILES string of the molecule is Cc1ccc(N2C(=O)N(CC(=O)Nc3ccc(C)cc3Cl)C(=O)[C@H]2C)cc1. The van der Waals surface area contributed by atoms with E-state index in [1.807, 2.05) is 32.0 Å². The van der Waals surface area contributed by atoms with Crippen molar-refractivity contribution in [1.82, 2.24) is 4.90 Å². The zero-order chi connectivity index (χ0) is 19.7. The summed E-state index contributed by atoms with van der Waals surface area (Å²) in [5.41, 5.74) is 3.08. The van der Waals surface area contributed by atoms with Crippen molar-refractivity contribution >= 4 is 40.8 Å². The molecule has 0 radical (unpaired) electrons. The van der Waals surface area contributed by atoms with Gasteiger partial charge in [-0.1, -0.05) is 35.4 Å². The van der Waals surface area contributed by atoms with E-state index < -0.39 is 23.9 Å². The van der Waals surface area contributed by atoms with Gasteiger partial charge in [0.05, 0.1) is 10.7 Å². The summed E-state index contributed by atoms with van der Waals surface area (Å²) in [4.78, 5) is 40.0. The van der Waals surface area contributed by atoms with Gasteiger partial charge >= 0.3 is 6.03 Å². The van der Waals surface area contributed by atoms with Crippen LogP contribution in [0.25, 0.3) is 0 Å². The second-order valence-electron chi connectivity index (χ2n) is 6.62. The molecule has 0 unspecified atom stereocenters. The van der Waals surface area contributed by atoms with Crippen LogP contribution in [0, 0.1) is 13.8 Å². The molecule has 1 heterocycles. The van der Waals surface area contributed by atoms with E-state index in [-0.39, 0.29) is 6.54 Å². The molecular weight excluding hydrogens is 366 g/mol. The zero-order valence-electron chi connectivity index (χ0n) is 15.3. The number of benzene rings is 2. The lowest BCUT2D eigenvalue weighted by Gasteiger charge is -2.19. The molecule has 1 N–H and O–H groups in total. The molecule has 0 spiro atoms. The average molecular weight is 386 g/mol. The Bertz CT molecular complexity index is 911. The number of carbonyl (C=O) groups is 3. The second kappa shape index (κ2) is 7.40. The van der Waals surface area contributed by atoms with Crippen LogP contribution >= 0.6 is 11.6 Å². The van der Waals surface area contributed by atoms with Crippen molar-refractivity contribution in [3.63, 3.8) is 0 Å². The lowest BCUT2D eigenvalue weighted by atomic mass is 10.2. The molecule has 0 aromatic heterocycles. The number of aryl methyl sites for hydroxylation is 2. The molecule has 1 aliphatic heterocycles. The number of anilines is 2. The van der Waals surface area contributed by atoms with E-state index in [2.05, 4.69) is 5.32 Å². The molecule has 1 fully saturated rings. The average Bonchev–Trinajstić information content (AvgIpc) is 2.82. The highest BCUT2D eigenvalue weighted by atomic mass is 35.5. The second-order valence-corrected chi connectivity index (χ2v) is 7.03. The van der Waals surface area contributed by atoms with Crippen molar-refractivity contribution in [2.75, 3.05) is 16.8 Å². The first-order chi connectivity index (χ1) is 12.8. The molecule has 27 heavy (non-hydrogen) atoms. The lowest BCUT2D eigenvalue weighted by Crippen LogP contribution is -2.39. The molecule has 6 nitrogen and oxygen atoms in total. The fourth-order valence-corrected chi connectivity index (χ4v) is 3.25. The van der Waals surface area contributed by atoms with Crippen molar-refractivity contribution < 1.29 is 14.4 Å². The summed E-state index contributed by atoms with van der Waals surface area (Å²) < 4.78 is 0. The minimum atomic E-state index is -0.670. The normalized spacial score (nSPS) is 16.8. The third-order valence-corrected chi connectivity index (χ3v) is 4.77. The van der Waals surface area contributed by atoms with Gasteiger partial charge in [0.15, 0.2) is 0 Å². The number of rotatable bonds is 4. The summed E-state index contributed by atoms with van der Waals surface area (Å²) in [5, 5.41) is 3.05. The predicted octanol–water partition coefficient (Wildman–Crippen LogP) is 3.75. The van der Waals surface area contributed by atoms with Gasteiger partial charge < -0.3 is 5.32 Å². The van der Waals surface area contributed by atoms with E-state index in [9.17, 15) is 14.4 Å². The summed E-state index contributed by atoms with van der Waals surface area (Å²) in [6, 6.07) is 11.4. The van der Waals surface area contributed by atoms with E-state index in [1.54, 1.807) is 31.2 Å². The molecule has 1 aliphatic rings. The van der Waals surface area contributed by atoms with Gasteiger partial charge in [-0.2, -0.15) is 0 Å². The van der Waals surface area contributed by atoms with Crippen LogP contribution in [0.4, 0.5) is 16.2 Å². The van der Waals surface area contributed by atoms with Crippen molar-refractivity contribution in [1.29, 1.82) is 0 Å². The van der Waals surface area contributed by atoms with Crippen LogP contribution in [-0.2, 0) is 9.59 Å². The number of halogens is 1. The van der Waals surface area contributed by atoms with Gasteiger partial charge in [-0.05, 0) is 50.6 Å². The predicted molar refractivity (Wildman–Crippen MR) is 105 cm³/mol. The van der Waals surface area contributed by atoms with Crippen LogP contribution in [0.5, 0.6) is 0 Å². The summed E-state index contributed by atoms with van der Waals surface area (Å²) in [7, 11) is 0. The Morgan fingerprint density at radius 2 is 1.70 bits per heavy atom. The number of carbonyl (C=O) groups excluding carboxylic acids is 3. The Hall–Kier alpha value is -2.86. The number of amides is 4. The first-order valence-electron chi connectivity index (χ1n) is 8.55. The number of imide groups is 1. The maximum Gasteiger partial charge on any atom is 0.332 e. The highest BCUT2D eigenvalue weighted by molar-refractivity contribution is 6.33. The molecule has 140 valence electrons. The van der Waals surface area contributed by atoms with E-state index in [0.717, 1.165) is 16.0 Å². The highest BCUT2D eigenvalue weighted by Gasteiger charge is 2.44. The first kappa shape index (κ1) is 18.9. The number of hydrogen-bond acceptors (Lipinski definition) is 3. The molecule has 0 aliphatic carbocycles. The molecule has 0 saturated carbocycles. The number of hydrogen-bond donors (Lipinski definition) is 1. The molecule has 4 amide bonds. The van der Waals surface area contributed by atoms with Crippen LogP contribution < -0.4 is 10.2 Å². The monoisotopic (exact) mass is 385 g/mol. The van der Waals surface area contributed by atoms with E-state index in [4.69, 9.17) is 11.6 Å². The summed E-state index contributed by atoms with van der Waals surface area (Å²) in [5.74, 6) is -0.897. The Morgan fingerprint density at radius 3 is 2.33 bits per heavy atom. The molecule has 1 saturated heterocycles. The quantitative estimate of drug-likeness (QED) is 0.815. The summed E-state index contributed by atoms with van der Waals surface area (Å²) >= 11 is 6.12. The topological polar surface area (TPSA) is 69.7 Å². The van der Waals surface area contributed by atoms with Crippen LogP contribution in [0.3, 0.4) is 0 Å². The molecule has 0 bridgehead atoms. The minimum Gasteiger partial charge on any atom is -0.323 e. The molecule has 3 rings (SSSR count). The Morgan fingerprint density at radius 1 is 1.07 bits per heavy atom. The molecule has 2 aromatic rings. The van der Waals surface area contributed by atoms with E-state index >= 15 is 0 Å². The summed E-state index contributed by atoms with van der Waals surface area (Å²) in [6.45, 7) is 5.11. The van der Waals surface area contributed by atoms with Gasteiger partial charge in [0.25, 0.3) is 5.91 Å². The Balaban J connectivity index is 1.74. The zero-order valence-corrected chi connectivity index (χ0v) is 16.1. The van der Waals surface area contributed by atoms with Crippen LogP contribution in [-0.4, -0.2) is 35.3 Å². The highest BCUT2D eigenvalue weighted by Crippen LogP contribution is 2.27. The number of urea groups is 1. The lowest BCUT2D eigenvalue weighted by molar-refractivity contribution is -0.130. The van der Waals surface area contributed by atoms with Crippen LogP contribution in [0.2, 0.25) is 5.02 Å². The number of nitrogens with zero attached hydrogens (tertiary/aromatic N) is 2. The van der Waals surface area contributed by atoms with Gasteiger partial charge in [-0.3, -0.25) is 19.4 Å².